The lowest BCUT2D eigenvalue weighted by Crippen LogP contribution is -2.19. The van der Waals surface area contributed by atoms with Crippen molar-refractivity contribution in [1.29, 1.82) is 0 Å². The third-order valence-corrected chi connectivity index (χ3v) is 5.72. The molecule has 1 amide bonds. The van der Waals surface area contributed by atoms with E-state index in [4.69, 9.17) is 44.3 Å². The molecule has 2 aromatic rings. The smallest absolute Gasteiger partial charge is 0.264 e. The van der Waals surface area contributed by atoms with Crippen LogP contribution in [0.5, 0.6) is 11.5 Å². The molecule has 5 nitrogen and oxygen atoms in total. The minimum absolute atomic E-state index is 0.269. The number of hydrogen-bond donors (Lipinski definition) is 1. The summed E-state index contributed by atoms with van der Waals surface area (Å²) in [5.41, 5.74) is 1.19. The predicted molar refractivity (Wildman–Crippen MR) is 121 cm³/mol. The molecule has 0 unspecified atom stereocenters. The number of carbonyl (C=O) groups is 1. The molecule has 9 heteroatoms. The highest BCUT2D eigenvalue weighted by molar-refractivity contribution is 8.18. The number of carbonyl (C=O) groups excluding carboxylic acids is 1. The Morgan fingerprint density at radius 3 is 2.59 bits per heavy atom. The van der Waals surface area contributed by atoms with Gasteiger partial charge in [-0.3, -0.25) is 4.79 Å². The zero-order chi connectivity index (χ0) is 21.0. The van der Waals surface area contributed by atoms with Gasteiger partial charge in [0.15, 0.2) is 16.7 Å². The van der Waals surface area contributed by atoms with Crippen LogP contribution in [0.4, 0.5) is 5.69 Å². The number of benzene rings is 2. The molecule has 3 rings (SSSR count). The minimum Gasteiger partial charge on any atom is -0.490 e. The van der Waals surface area contributed by atoms with Gasteiger partial charge in [-0.2, -0.15) is 0 Å². The average molecular weight is 472 g/mol. The van der Waals surface area contributed by atoms with Gasteiger partial charge in [-0.1, -0.05) is 40.9 Å². The molecule has 0 radical (unpaired) electrons. The Labute approximate surface area is 188 Å². The molecule has 1 saturated heterocycles. The summed E-state index contributed by atoms with van der Waals surface area (Å²) < 4.78 is 11.2. The van der Waals surface area contributed by atoms with Crippen molar-refractivity contribution in [3.63, 3.8) is 0 Å². The molecule has 0 aliphatic carbocycles. The second kappa shape index (κ2) is 9.76. The summed E-state index contributed by atoms with van der Waals surface area (Å²) in [7, 11) is 0. The first-order valence-corrected chi connectivity index (χ1v) is 10.7. The number of thioether (sulfide) groups is 1. The van der Waals surface area contributed by atoms with Gasteiger partial charge in [-0.25, -0.2) is 4.99 Å². The first kappa shape index (κ1) is 21.8. The van der Waals surface area contributed by atoms with Crippen molar-refractivity contribution < 1.29 is 14.3 Å². The van der Waals surface area contributed by atoms with Crippen molar-refractivity contribution in [3.8, 4) is 11.5 Å². The van der Waals surface area contributed by atoms with Crippen molar-refractivity contribution >= 4 is 69.4 Å². The third-order valence-electron chi connectivity index (χ3n) is 3.72. The van der Waals surface area contributed by atoms with Gasteiger partial charge in [0.1, 0.15) is 0 Å². The van der Waals surface area contributed by atoms with Gasteiger partial charge in [-0.05, 0) is 61.5 Å². The first-order valence-electron chi connectivity index (χ1n) is 8.75. The summed E-state index contributed by atoms with van der Waals surface area (Å²) in [6.07, 6.45) is 1.71. The summed E-state index contributed by atoms with van der Waals surface area (Å²) in [6.45, 7) is 4.67. The fourth-order valence-corrected chi connectivity index (χ4v) is 3.98. The maximum Gasteiger partial charge on any atom is 0.264 e. The van der Waals surface area contributed by atoms with Crippen LogP contribution in [0.3, 0.4) is 0 Å². The summed E-state index contributed by atoms with van der Waals surface area (Å²) in [5, 5.41) is 4.26. The van der Waals surface area contributed by atoms with Crippen LogP contribution in [0.1, 0.15) is 19.4 Å². The molecular weight excluding hydrogens is 455 g/mol. The molecule has 1 aliphatic heterocycles. The van der Waals surface area contributed by atoms with Gasteiger partial charge < -0.3 is 14.8 Å². The Hall–Kier alpha value is -1.86. The molecule has 0 saturated carbocycles. The molecule has 1 heterocycles. The largest absolute Gasteiger partial charge is 0.490 e. The van der Waals surface area contributed by atoms with Gasteiger partial charge in [0.2, 0.25) is 0 Å². The van der Waals surface area contributed by atoms with Crippen LogP contribution in [0, 0.1) is 0 Å². The topological polar surface area (TPSA) is 59.9 Å². The highest BCUT2D eigenvalue weighted by Gasteiger charge is 2.24. The van der Waals surface area contributed by atoms with E-state index in [1.807, 2.05) is 13.8 Å². The normalized spacial score (nSPS) is 16.4. The van der Waals surface area contributed by atoms with E-state index in [2.05, 4.69) is 10.3 Å². The van der Waals surface area contributed by atoms with E-state index in [9.17, 15) is 4.79 Å². The quantitative estimate of drug-likeness (QED) is 0.500. The number of amides is 1. The monoisotopic (exact) mass is 470 g/mol. The fourth-order valence-electron chi connectivity index (χ4n) is 2.54. The zero-order valence-corrected chi connectivity index (χ0v) is 18.7. The molecule has 0 spiro atoms. The second-order valence-corrected chi connectivity index (χ2v) is 7.97. The Balaban J connectivity index is 1.90. The Morgan fingerprint density at radius 1 is 1.10 bits per heavy atom. The number of halogens is 3. The maximum atomic E-state index is 12.4. The molecule has 0 bridgehead atoms. The molecule has 1 fully saturated rings. The van der Waals surface area contributed by atoms with Crippen LogP contribution in [0.25, 0.3) is 6.08 Å². The van der Waals surface area contributed by atoms with Crippen LogP contribution >= 0.6 is 46.6 Å². The minimum atomic E-state index is -0.269. The lowest BCUT2D eigenvalue weighted by molar-refractivity contribution is -0.115. The predicted octanol–water partition coefficient (Wildman–Crippen LogP) is 6.34. The Kier molecular flexibility index (Phi) is 7.35. The van der Waals surface area contributed by atoms with Crippen LogP contribution in [-0.4, -0.2) is 24.3 Å². The summed E-state index contributed by atoms with van der Waals surface area (Å²) in [5.74, 6) is 0.742. The third kappa shape index (κ3) is 5.20. The van der Waals surface area contributed by atoms with Crippen LogP contribution in [0.2, 0.25) is 15.1 Å². The van der Waals surface area contributed by atoms with Gasteiger partial charge >= 0.3 is 0 Å². The van der Waals surface area contributed by atoms with Gasteiger partial charge in [0.05, 0.1) is 38.9 Å². The highest BCUT2D eigenvalue weighted by atomic mass is 35.5. The number of rotatable bonds is 6. The van der Waals surface area contributed by atoms with Crippen LogP contribution < -0.4 is 14.8 Å². The summed E-state index contributed by atoms with van der Waals surface area (Å²) >= 11 is 19.7. The molecule has 2 aromatic carbocycles. The van der Waals surface area contributed by atoms with E-state index in [0.717, 1.165) is 0 Å². The lowest BCUT2D eigenvalue weighted by Gasteiger charge is -2.13. The number of ether oxygens (including phenoxy) is 2. The van der Waals surface area contributed by atoms with Crippen molar-refractivity contribution in [2.45, 2.75) is 13.8 Å². The molecular formula is C20H17Cl3N2O3S. The van der Waals surface area contributed by atoms with Crippen molar-refractivity contribution in [2.75, 3.05) is 13.2 Å². The number of nitrogens with one attached hydrogen (secondary N) is 1. The Morgan fingerprint density at radius 2 is 1.86 bits per heavy atom. The van der Waals surface area contributed by atoms with Crippen molar-refractivity contribution in [3.05, 3.63) is 55.9 Å². The van der Waals surface area contributed by atoms with E-state index >= 15 is 0 Å². The van der Waals surface area contributed by atoms with E-state index in [1.165, 1.54) is 11.8 Å². The number of aliphatic imine (C=N–C) groups is 1. The maximum absolute atomic E-state index is 12.4. The summed E-state index contributed by atoms with van der Waals surface area (Å²) in [6, 6.07) is 8.63. The van der Waals surface area contributed by atoms with E-state index in [-0.39, 0.29) is 5.91 Å². The lowest BCUT2D eigenvalue weighted by atomic mass is 10.2. The van der Waals surface area contributed by atoms with Crippen molar-refractivity contribution in [1.82, 2.24) is 5.32 Å². The van der Waals surface area contributed by atoms with Gasteiger partial charge in [-0.15, -0.1) is 0 Å². The van der Waals surface area contributed by atoms with Crippen LogP contribution in [-0.2, 0) is 4.79 Å². The second-order valence-electron chi connectivity index (χ2n) is 5.75. The van der Waals surface area contributed by atoms with E-state index in [0.29, 0.717) is 61.1 Å². The average Bonchev–Trinajstić information content (AvgIpc) is 3.01. The standard InChI is InChI=1S/C20H17Cl3N2O3S/c1-3-27-15-9-11(8-13(22)18(15)28-4-2)10-16-19(26)25-20(29-16)24-14-7-5-6-12(21)17(14)23/h5-10H,3-4H2,1-2H3,(H,24,25,26)/b16-10+. The Bertz CT molecular complexity index is 1010. The zero-order valence-electron chi connectivity index (χ0n) is 15.6. The van der Waals surface area contributed by atoms with Crippen LogP contribution in [0.15, 0.2) is 40.2 Å². The van der Waals surface area contributed by atoms with E-state index in [1.54, 1.807) is 36.4 Å². The molecule has 0 atom stereocenters. The van der Waals surface area contributed by atoms with Gasteiger partial charge in [0.25, 0.3) is 5.91 Å². The molecule has 152 valence electrons. The molecule has 0 aromatic heterocycles. The molecule has 1 N–H and O–H groups in total. The number of hydrogen-bond acceptors (Lipinski definition) is 5. The number of amidine groups is 1. The highest BCUT2D eigenvalue weighted by Crippen LogP contribution is 2.39. The summed E-state index contributed by atoms with van der Waals surface area (Å²) in [4.78, 5) is 17.2. The molecule has 29 heavy (non-hydrogen) atoms. The van der Waals surface area contributed by atoms with Gasteiger partial charge in [0, 0.05) is 0 Å². The first-order chi connectivity index (χ1) is 13.9. The SMILES string of the molecule is CCOc1cc(/C=C2/SC(=Nc3cccc(Cl)c3Cl)NC2=O)cc(Cl)c1OCC. The van der Waals surface area contributed by atoms with E-state index < -0.39 is 0 Å². The fraction of sp³-hybridized carbons (Fsp3) is 0.200. The van der Waals surface area contributed by atoms with Crippen molar-refractivity contribution in [2.24, 2.45) is 4.99 Å². The molecule has 1 aliphatic rings. The number of nitrogens with zero attached hydrogens (tertiary/aromatic N) is 1.